The van der Waals surface area contributed by atoms with E-state index in [9.17, 15) is 9.59 Å². The van der Waals surface area contributed by atoms with Crippen molar-refractivity contribution in [1.29, 1.82) is 0 Å². The molecule has 2 aromatic carbocycles. The molecule has 2 rings (SSSR count). The van der Waals surface area contributed by atoms with Crippen molar-refractivity contribution < 1.29 is 27.4 Å². The van der Waals surface area contributed by atoms with E-state index in [-0.39, 0.29) is 25.2 Å². The van der Waals surface area contributed by atoms with Crippen molar-refractivity contribution >= 4 is 24.3 Å². The van der Waals surface area contributed by atoms with Gasteiger partial charge in [-0.15, -0.1) is 0 Å². The Labute approximate surface area is 175 Å². The van der Waals surface area contributed by atoms with Crippen LogP contribution in [0.15, 0.2) is 60.7 Å². The van der Waals surface area contributed by atoms with E-state index in [1.165, 1.54) is 0 Å². The lowest BCUT2D eigenvalue weighted by atomic mass is 10.2. The van der Waals surface area contributed by atoms with Crippen molar-refractivity contribution in [3.05, 3.63) is 71.8 Å². The minimum Gasteiger partial charge on any atom is -0.461 e. The number of carbonyl (C=O) groups is 2. The quantitative estimate of drug-likeness (QED) is 0.252. The highest BCUT2D eigenvalue weighted by Gasteiger charge is 2.05. The summed E-state index contributed by atoms with van der Waals surface area (Å²) in [6.07, 6.45) is 1.69. The molecule has 0 unspecified atom stereocenters. The third kappa shape index (κ3) is 11.3. The van der Waals surface area contributed by atoms with Gasteiger partial charge in [0.15, 0.2) is 12.3 Å². The summed E-state index contributed by atoms with van der Waals surface area (Å²) < 4.78 is 20.8. The summed E-state index contributed by atoms with van der Waals surface area (Å²) in [5.41, 5.74) is 1.93. The monoisotopic (exact) mass is 418 g/mol. The van der Waals surface area contributed by atoms with Crippen LogP contribution < -0.4 is 0 Å². The zero-order valence-electron chi connectivity index (χ0n) is 16.3. The fourth-order valence-corrected chi connectivity index (χ4v) is 2.71. The Morgan fingerprint density at radius 2 is 1.07 bits per heavy atom. The topological polar surface area (TPSA) is 71.1 Å². The van der Waals surface area contributed by atoms with Gasteiger partial charge in [0.2, 0.25) is 0 Å². The van der Waals surface area contributed by atoms with Crippen LogP contribution in [0.1, 0.15) is 36.8 Å². The number of carbonyl (C=O) groups excluding carboxylic acids is 2. The summed E-state index contributed by atoms with van der Waals surface area (Å²) in [6, 6.07) is 19.1. The van der Waals surface area contributed by atoms with Crippen LogP contribution in [0.5, 0.6) is 0 Å². The van der Waals surface area contributed by atoms with Gasteiger partial charge in [-0.3, -0.25) is 18.0 Å². The molecule has 29 heavy (non-hydrogen) atoms. The molecule has 0 aromatic heterocycles. The molecule has 0 aliphatic heterocycles. The van der Waals surface area contributed by atoms with Gasteiger partial charge < -0.3 is 9.47 Å². The van der Waals surface area contributed by atoms with E-state index in [2.05, 4.69) is 0 Å². The molecule has 0 aliphatic carbocycles. The van der Waals surface area contributed by atoms with Crippen LogP contribution in [-0.4, -0.2) is 25.2 Å². The van der Waals surface area contributed by atoms with Gasteiger partial charge in [-0.05, 0) is 24.0 Å². The van der Waals surface area contributed by atoms with Crippen LogP contribution in [0, 0.1) is 0 Å². The van der Waals surface area contributed by atoms with Crippen molar-refractivity contribution in [2.24, 2.45) is 0 Å². The van der Waals surface area contributed by atoms with Gasteiger partial charge in [-0.1, -0.05) is 60.7 Å². The van der Waals surface area contributed by atoms with E-state index in [1.807, 2.05) is 60.7 Å². The first-order valence-corrected chi connectivity index (χ1v) is 10.2. The maximum atomic E-state index is 11.6. The Morgan fingerprint density at radius 1 is 0.655 bits per heavy atom. The number of hydrogen-bond donors (Lipinski definition) is 0. The minimum absolute atomic E-state index is 0.252. The average Bonchev–Trinajstić information content (AvgIpc) is 2.76. The van der Waals surface area contributed by atoms with Crippen molar-refractivity contribution in [3.8, 4) is 0 Å². The summed E-state index contributed by atoms with van der Waals surface area (Å²) >= 11 is 0.873. The highest BCUT2D eigenvalue weighted by molar-refractivity contribution is 7.89. The number of ether oxygens (including phenoxy) is 2. The normalized spacial score (nSPS) is 10.5. The van der Waals surface area contributed by atoms with Crippen LogP contribution >= 0.6 is 12.3 Å². The van der Waals surface area contributed by atoms with Crippen LogP contribution in [0.2, 0.25) is 0 Å². The van der Waals surface area contributed by atoms with E-state index >= 15 is 0 Å². The average molecular weight is 419 g/mol. The molecular weight excluding hydrogens is 392 g/mol. The van der Waals surface area contributed by atoms with Crippen LogP contribution in [-0.2, 0) is 40.6 Å². The molecule has 0 aliphatic rings. The van der Waals surface area contributed by atoms with E-state index in [4.69, 9.17) is 17.8 Å². The lowest BCUT2D eigenvalue weighted by Crippen LogP contribution is -2.06. The van der Waals surface area contributed by atoms with Crippen molar-refractivity contribution in [1.82, 2.24) is 0 Å². The maximum absolute atomic E-state index is 11.6. The van der Waals surface area contributed by atoms with E-state index in [1.54, 1.807) is 0 Å². The number of esters is 2. The van der Waals surface area contributed by atoms with E-state index in [0.29, 0.717) is 38.9 Å². The zero-order valence-corrected chi connectivity index (χ0v) is 17.1. The van der Waals surface area contributed by atoms with Gasteiger partial charge in [0, 0.05) is 12.8 Å². The molecule has 0 radical (unpaired) electrons. The Hall–Kier alpha value is -2.35. The molecule has 0 amide bonds. The molecule has 0 fully saturated rings. The Kier molecular flexibility index (Phi) is 11.6. The fourth-order valence-electron chi connectivity index (χ4n) is 2.27. The lowest BCUT2D eigenvalue weighted by molar-refractivity contribution is -0.146. The largest absolute Gasteiger partial charge is 0.461 e. The smallest absolute Gasteiger partial charge is 0.306 e. The van der Waals surface area contributed by atoms with Gasteiger partial charge >= 0.3 is 11.9 Å². The predicted octanol–water partition coefficient (Wildman–Crippen LogP) is 4.63. The van der Waals surface area contributed by atoms with Gasteiger partial charge in [0.1, 0.15) is 13.2 Å². The Bertz CT molecular complexity index is 646. The van der Waals surface area contributed by atoms with Crippen molar-refractivity contribution in [2.75, 3.05) is 13.2 Å². The van der Waals surface area contributed by atoms with Gasteiger partial charge in [-0.25, -0.2) is 0 Å². The van der Waals surface area contributed by atoms with Crippen LogP contribution in [0.4, 0.5) is 0 Å². The van der Waals surface area contributed by atoms with Crippen molar-refractivity contribution in [2.45, 2.75) is 38.9 Å². The highest BCUT2D eigenvalue weighted by atomic mass is 32.2. The molecule has 0 N–H and O–H groups in total. The SMILES string of the molecule is O=C(CCCOSOCCCC(=O)OCc1ccccc1)OCc1ccccc1. The fraction of sp³-hybridized carbons (Fsp3) is 0.364. The second kappa shape index (κ2) is 14.6. The standard InChI is InChI=1S/C22H26O6S/c23-21(25-17-19-9-3-1-4-10-19)13-7-15-27-29-28-16-8-14-22(24)26-18-20-11-5-2-6-12-20/h1-6,9-12H,7-8,13-18H2. The molecule has 0 spiro atoms. The first-order valence-electron chi connectivity index (χ1n) is 9.54. The third-order valence-corrected chi connectivity index (χ3v) is 4.32. The minimum atomic E-state index is -0.252. The predicted molar refractivity (Wildman–Crippen MR) is 110 cm³/mol. The second-order valence-electron chi connectivity index (χ2n) is 6.21. The molecule has 6 nitrogen and oxygen atoms in total. The zero-order chi connectivity index (χ0) is 20.6. The number of hydrogen-bond acceptors (Lipinski definition) is 7. The van der Waals surface area contributed by atoms with Gasteiger partial charge in [-0.2, -0.15) is 0 Å². The molecule has 156 valence electrons. The lowest BCUT2D eigenvalue weighted by Gasteiger charge is -2.06. The summed E-state index contributed by atoms with van der Waals surface area (Å²) in [7, 11) is 0. The molecule has 0 heterocycles. The molecule has 0 saturated carbocycles. The van der Waals surface area contributed by atoms with Crippen LogP contribution in [0.25, 0.3) is 0 Å². The van der Waals surface area contributed by atoms with E-state index < -0.39 is 0 Å². The number of rotatable bonds is 14. The molecule has 0 atom stereocenters. The number of benzene rings is 2. The van der Waals surface area contributed by atoms with Gasteiger partial charge in [0.05, 0.1) is 13.2 Å². The molecule has 0 saturated heterocycles. The van der Waals surface area contributed by atoms with Crippen molar-refractivity contribution in [3.63, 3.8) is 0 Å². The summed E-state index contributed by atoms with van der Waals surface area (Å²) in [6.45, 7) is 1.33. The molecular formula is C22H26O6S. The Morgan fingerprint density at radius 3 is 1.48 bits per heavy atom. The maximum Gasteiger partial charge on any atom is 0.306 e. The second-order valence-corrected chi connectivity index (χ2v) is 6.82. The van der Waals surface area contributed by atoms with Gasteiger partial charge in [0.25, 0.3) is 0 Å². The summed E-state index contributed by atoms with van der Waals surface area (Å²) in [5.74, 6) is -0.505. The molecule has 7 heteroatoms. The first-order chi connectivity index (χ1) is 14.2. The summed E-state index contributed by atoms with van der Waals surface area (Å²) in [5, 5.41) is 0. The van der Waals surface area contributed by atoms with Crippen LogP contribution in [0.3, 0.4) is 0 Å². The summed E-state index contributed by atoms with van der Waals surface area (Å²) in [4.78, 5) is 23.3. The van der Waals surface area contributed by atoms with E-state index in [0.717, 1.165) is 23.5 Å². The molecule has 2 aromatic rings. The first kappa shape index (κ1) is 22.9. The molecule has 0 bridgehead atoms. The Balaban J connectivity index is 1.36. The highest BCUT2D eigenvalue weighted by Crippen LogP contribution is 2.09. The third-order valence-electron chi connectivity index (χ3n) is 3.80.